The lowest BCUT2D eigenvalue weighted by atomic mass is 9.94. The molecular formula is C35H46N4O5. The lowest BCUT2D eigenvalue weighted by molar-refractivity contribution is -0.158. The van der Waals surface area contributed by atoms with Crippen molar-refractivity contribution in [3.8, 4) is 0 Å². The number of rotatable bonds is 10. The van der Waals surface area contributed by atoms with Gasteiger partial charge < -0.3 is 25.7 Å². The highest BCUT2D eigenvalue weighted by Gasteiger charge is 2.36. The summed E-state index contributed by atoms with van der Waals surface area (Å²) in [4.78, 5) is 58.2. The Morgan fingerprint density at radius 3 is 2.23 bits per heavy atom. The van der Waals surface area contributed by atoms with Crippen LogP contribution in [0.5, 0.6) is 0 Å². The van der Waals surface area contributed by atoms with Crippen LogP contribution in [0.4, 0.5) is 0 Å². The van der Waals surface area contributed by atoms with Gasteiger partial charge in [0.15, 0.2) is 0 Å². The van der Waals surface area contributed by atoms with Crippen LogP contribution in [0.1, 0.15) is 70.9 Å². The Balaban J connectivity index is 1.71. The monoisotopic (exact) mass is 602 g/mol. The minimum absolute atomic E-state index is 0.0805. The van der Waals surface area contributed by atoms with Crippen LogP contribution in [0.15, 0.2) is 60.8 Å². The number of fused-ring (bicyclic) bond motifs is 1. The number of nitrogens with one attached hydrogen (secondary N) is 4. The Bertz CT molecular complexity index is 1420. The van der Waals surface area contributed by atoms with E-state index in [-0.39, 0.29) is 37.0 Å². The molecule has 2 aromatic carbocycles. The van der Waals surface area contributed by atoms with E-state index in [1.165, 1.54) is 0 Å². The molecule has 1 aliphatic heterocycles. The highest BCUT2D eigenvalue weighted by Crippen LogP contribution is 2.23. The van der Waals surface area contributed by atoms with E-state index in [1.54, 1.807) is 0 Å². The number of hydrogen-bond acceptors (Lipinski definition) is 5. The minimum atomic E-state index is -0.980. The summed E-state index contributed by atoms with van der Waals surface area (Å²) in [6.45, 7) is 7.89. The minimum Gasteiger partial charge on any atom is -0.460 e. The largest absolute Gasteiger partial charge is 0.460 e. The molecule has 0 spiro atoms. The number of hydrogen-bond donors (Lipinski definition) is 4. The van der Waals surface area contributed by atoms with Gasteiger partial charge in [-0.3, -0.25) is 14.4 Å². The Morgan fingerprint density at radius 2 is 1.50 bits per heavy atom. The molecule has 3 aromatic rings. The number of aromatic nitrogens is 1. The molecule has 1 aromatic heterocycles. The molecule has 0 aliphatic carbocycles. The zero-order chi connectivity index (χ0) is 31.6. The fourth-order valence-corrected chi connectivity index (χ4v) is 5.71. The first-order chi connectivity index (χ1) is 21.2. The van der Waals surface area contributed by atoms with E-state index in [4.69, 9.17) is 4.74 Å². The highest BCUT2D eigenvalue weighted by atomic mass is 16.5. The summed E-state index contributed by atoms with van der Waals surface area (Å²) in [5.41, 5.74) is 2.64. The van der Waals surface area contributed by atoms with Crippen LogP contribution in [0.2, 0.25) is 0 Å². The predicted octanol–water partition coefficient (Wildman–Crippen LogP) is 4.60. The first-order valence-electron chi connectivity index (χ1n) is 15.9. The van der Waals surface area contributed by atoms with Crippen molar-refractivity contribution in [2.75, 3.05) is 0 Å². The molecule has 1 fully saturated rings. The summed E-state index contributed by atoms with van der Waals surface area (Å²) >= 11 is 0. The van der Waals surface area contributed by atoms with Gasteiger partial charge in [0.25, 0.3) is 0 Å². The van der Waals surface area contributed by atoms with Crippen LogP contribution in [-0.4, -0.2) is 52.9 Å². The summed E-state index contributed by atoms with van der Waals surface area (Å²) in [5, 5.41) is 9.69. The molecule has 9 heteroatoms. The summed E-state index contributed by atoms with van der Waals surface area (Å²) in [5.74, 6) is -2.20. The van der Waals surface area contributed by atoms with E-state index < -0.39 is 42.0 Å². The summed E-state index contributed by atoms with van der Waals surface area (Å²) < 4.78 is 6.03. The van der Waals surface area contributed by atoms with Gasteiger partial charge in [-0.1, -0.05) is 95.5 Å². The van der Waals surface area contributed by atoms with Crippen molar-refractivity contribution in [3.05, 3.63) is 71.9 Å². The van der Waals surface area contributed by atoms with Gasteiger partial charge >= 0.3 is 5.97 Å². The standard InChI is InChI=1S/C35H46N4O5/c1-5-7-13-23(4)30-20-31(40)37-29(19-25-21-36-27-17-12-11-16-26(25)27)33(41)38-28(18-24-14-9-8-10-15-24)34(42)39-32(22(3)6-2)35(43)44-30/h8-12,14-17,21-23,28-30,32,36H,5-7,13,18-20H2,1-4H3,(H,37,40)(H,38,41)(H,39,42)/t22-,23?,28?,29?,30?,32+/m0/s1. The van der Waals surface area contributed by atoms with Crippen molar-refractivity contribution >= 4 is 34.6 Å². The second kappa shape index (κ2) is 15.5. The van der Waals surface area contributed by atoms with Crippen molar-refractivity contribution in [2.45, 2.75) is 96.9 Å². The molecule has 0 radical (unpaired) electrons. The van der Waals surface area contributed by atoms with Gasteiger partial charge in [0.1, 0.15) is 24.2 Å². The first kappa shape index (κ1) is 32.8. The average molecular weight is 603 g/mol. The van der Waals surface area contributed by atoms with E-state index in [1.807, 2.05) is 81.6 Å². The van der Waals surface area contributed by atoms with Crippen LogP contribution in [0.25, 0.3) is 10.9 Å². The van der Waals surface area contributed by atoms with E-state index in [9.17, 15) is 19.2 Å². The molecule has 2 heterocycles. The highest BCUT2D eigenvalue weighted by molar-refractivity contribution is 5.95. The van der Waals surface area contributed by atoms with E-state index in [0.717, 1.165) is 41.3 Å². The third-order valence-corrected chi connectivity index (χ3v) is 8.73. The summed E-state index contributed by atoms with van der Waals surface area (Å²) in [7, 11) is 0. The Morgan fingerprint density at radius 1 is 0.818 bits per heavy atom. The van der Waals surface area contributed by atoms with Gasteiger partial charge in [0.05, 0.1) is 6.42 Å². The zero-order valence-electron chi connectivity index (χ0n) is 26.2. The van der Waals surface area contributed by atoms with Gasteiger partial charge in [0.2, 0.25) is 17.7 Å². The van der Waals surface area contributed by atoms with Crippen molar-refractivity contribution in [1.82, 2.24) is 20.9 Å². The number of aromatic amines is 1. The molecule has 4 unspecified atom stereocenters. The second-order valence-electron chi connectivity index (χ2n) is 12.1. The van der Waals surface area contributed by atoms with Gasteiger partial charge in [-0.25, -0.2) is 4.79 Å². The second-order valence-corrected chi connectivity index (χ2v) is 12.1. The molecule has 4 rings (SSSR count). The predicted molar refractivity (Wildman–Crippen MR) is 171 cm³/mol. The molecular weight excluding hydrogens is 556 g/mol. The van der Waals surface area contributed by atoms with Crippen molar-refractivity contribution in [2.24, 2.45) is 11.8 Å². The molecule has 1 saturated heterocycles. The first-order valence-corrected chi connectivity index (χ1v) is 15.9. The topological polar surface area (TPSA) is 129 Å². The van der Waals surface area contributed by atoms with E-state index in [0.29, 0.717) is 6.42 Å². The van der Waals surface area contributed by atoms with Crippen LogP contribution >= 0.6 is 0 Å². The van der Waals surface area contributed by atoms with Crippen LogP contribution in [0.3, 0.4) is 0 Å². The lowest BCUT2D eigenvalue weighted by Crippen LogP contribution is -2.57. The molecule has 9 nitrogen and oxygen atoms in total. The molecule has 6 atom stereocenters. The number of unbranched alkanes of at least 4 members (excludes halogenated alkanes) is 1. The summed E-state index contributed by atoms with van der Waals surface area (Å²) in [6, 6.07) is 14.3. The molecule has 0 saturated carbocycles. The van der Waals surface area contributed by atoms with Gasteiger partial charge in [-0.15, -0.1) is 0 Å². The molecule has 4 N–H and O–H groups in total. The number of amides is 3. The number of esters is 1. The maximum absolute atomic E-state index is 13.9. The number of para-hydroxylation sites is 1. The third-order valence-electron chi connectivity index (χ3n) is 8.73. The normalized spacial score (nSPS) is 23.3. The van der Waals surface area contributed by atoms with Crippen molar-refractivity contribution in [3.63, 3.8) is 0 Å². The van der Waals surface area contributed by atoms with Crippen molar-refractivity contribution < 1.29 is 23.9 Å². The third kappa shape index (κ3) is 8.49. The number of carbonyl (C=O) groups is 4. The van der Waals surface area contributed by atoms with Crippen LogP contribution in [0, 0.1) is 11.8 Å². The fourth-order valence-electron chi connectivity index (χ4n) is 5.71. The number of carbonyl (C=O) groups excluding carboxylic acids is 4. The number of benzene rings is 2. The SMILES string of the molecule is CCCCC(C)C1CC(=O)NC(Cc2c[nH]c3ccccc23)C(=O)NC(Cc2ccccc2)C(=O)N[C@H]([C@@H](C)CC)C(=O)O1. The van der Waals surface area contributed by atoms with Crippen LogP contribution in [-0.2, 0) is 36.8 Å². The van der Waals surface area contributed by atoms with Gasteiger partial charge in [-0.05, 0) is 35.4 Å². The number of cyclic esters (lactones) is 1. The lowest BCUT2D eigenvalue weighted by Gasteiger charge is -2.29. The Kier molecular flexibility index (Phi) is 11.6. The fraction of sp³-hybridized carbons (Fsp3) is 0.486. The Labute approximate surface area is 259 Å². The van der Waals surface area contributed by atoms with Gasteiger partial charge in [0, 0.05) is 29.9 Å². The molecule has 44 heavy (non-hydrogen) atoms. The maximum Gasteiger partial charge on any atom is 0.329 e. The van der Waals surface area contributed by atoms with Gasteiger partial charge in [-0.2, -0.15) is 0 Å². The smallest absolute Gasteiger partial charge is 0.329 e. The Hall–Kier alpha value is -4.14. The summed E-state index contributed by atoms with van der Waals surface area (Å²) in [6.07, 6.45) is 4.79. The quantitative estimate of drug-likeness (QED) is 0.252. The zero-order valence-corrected chi connectivity index (χ0v) is 26.2. The van der Waals surface area contributed by atoms with Crippen molar-refractivity contribution in [1.29, 1.82) is 0 Å². The van der Waals surface area contributed by atoms with E-state index in [2.05, 4.69) is 27.9 Å². The number of ether oxygens (including phenoxy) is 1. The maximum atomic E-state index is 13.9. The van der Waals surface area contributed by atoms with Crippen LogP contribution < -0.4 is 16.0 Å². The number of H-pyrrole nitrogens is 1. The molecule has 3 amide bonds. The van der Waals surface area contributed by atoms with E-state index >= 15 is 0 Å². The average Bonchev–Trinajstić information content (AvgIpc) is 3.43. The molecule has 236 valence electrons. The molecule has 0 bridgehead atoms. The molecule has 1 aliphatic rings.